The first kappa shape index (κ1) is 12.7. The summed E-state index contributed by atoms with van der Waals surface area (Å²) in [6.07, 6.45) is 8.13. The number of anilines is 1. The Labute approximate surface area is 108 Å². The maximum Gasteiger partial charge on any atom is 0.330 e. The van der Waals surface area contributed by atoms with E-state index >= 15 is 0 Å². The summed E-state index contributed by atoms with van der Waals surface area (Å²) in [6.45, 7) is 0.560. The molecule has 2 rings (SSSR count). The molecule has 96 valence electrons. The molecule has 0 amide bonds. The number of nitrogen functional groups attached to an aromatic ring is 1. The van der Waals surface area contributed by atoms with Gasteiger partial charge in [0.15, 0.2) is 0 Å². The lowest BCUT2D eigenvalue weighted by Gasteiger charge is -2.07. The average Bonchev–Trinajstić information content (AvgIpc) is 2.89. The van der Waals surface area contributed by atoms with E-state index in [9.17, 15) is 4.79 Å². The van der Waals surface area contributed by atoms with E-state index in [1.165, 1.54) is 31.8 Å². The van der Waals surface area contributed by atoms with Crippen molar-refractivity contribution in [2.24, 2.45) is 5.92 Å². The molecule has 1 saturated carbocycles. The third kappa shape index (κ3) is 3.91. The zero-order valence-corrected chi connectivity index (χ0v) is 10.5. The molecular formula is C15H19NO2. The van der Waals surface area contributed by atoms with Crippen LogP contribution in [-0.4, -0.2) is 12.6 Å². The number of hydrogen-bond donors (Lipinski definition) is 1. The Hall–Kier alpha value is -1.77. The van der Waals surface area contributed by atoms with Gasteiger partial charge in [-0.05, 0) is 42.5 Å². The van der Waals surface area contributed by atoms with Crippen LogP contribution in [0.15, 0.2) is 30.3 Å². The van der Waals surface area contributed by atoms with Crippen LogP contribution >= 0.6 is 0 Å². The van der Waals surface area contributed by atoms with Crippen molar-refractivity contribution >= 4 is 17.7 Å². The Balaban J connectivity index is 1.77. The molecule has 1 fully saturated rings. The summed E-state index contributed by atoms with van der Waals surface area (Å²) in [5.74, 6) is 0.303. The first-order chi connectivity index (χ1) is 8.74. The van der Waals surface area contributed by atoms with Gasteiger partial charge in [0, 0.05) is 11.8 Å². The zero-order chi connectivity index (χ0) is 12.8. The second kappa shape index (κ2) is 6.24. The van der Waals surface area contributed by atoms with Crippen LogP contribution < -0.4 is 5.73 Å². The molecule has 3 nitrogen and oxygen atoms in total. The van der Waals surface area contributed by atoms with Crippen LogP contribution in [0.3, 0.4) is 0 Å². The highest BCUT2D eigenvalue weighted by molar-refractivity contribution is 5.87. The summed E-state index contributed by atoms with van der Waals surface area (Å²) in [6, 6.07) is 7.36. The van der Waals surface area contributed by atoms with Gasteiger partial charge in [-0.3, -0.25) is 0 Å². The van der Waals surface area contributed by atoms with E-state index in [0.29, 0.717) is 12.5 Å². The fraction of sp³-hybridized carbons (Fsp3) is 0.400. The summed E-state index contributed by atoms with van der Waals surface area (Å²) in [5, 5.41) is 0. The maximum absolute atomic E-state index is 11.5. The van der Waals surface area contributed by atoms with Gasteiger partial charge in [0.1, 0.15) is 0 Å². The fourth-order valence-corrected chi connectivity index (χ4v) is 2.20. The second-order valence-corrected chi connectivity index (χ2v) is 4.78. The van der Waals surface area contributed by atoms with E-state index < -0.39 is 0 Å². The molecule has 1 aromatic carbocycles. The second-order valence-electron chi connectivity index (χ2n) is 4.78. The van der Waals surface area contributed by atoms with Crippen molar-refractivity contribution < 1.29 is 9.53 Å². The normalized spacial score (nSPS) is 16.2. The lowest BCUT2D eigenvalue weighted by atomic mass is 10.1. The van der Waals surface area contributed by atoms with E-state index in [4.69, 9.17) is 10.5 Å². The lowest BCUT2D eigenvalue weighted by molar-refractivity contribution is -0.138. The largest absolute Gasteiger partial charge is 0.462 e. The number of carbonyl (C=O) groups is 1. The van der Waals surface area contributed by atoms with E-state index in [1.807, 2.05) is 24.3 Å². The fourth-order valence-electron chi connectivity index (χ4n) is 2.20. The van der Waals surface area contributed by atoms with E-state index in [2.05, 4.69) is 0 Å². The molecule has 3 heteroatoms. The Bertz CT molecular complexity index is 417. The van der Waals surface area contributed by atoms with Crippen molar-refractivity contribution in [1.82, 2.24) is 0 Å². The van der Waals surface area contributed by atoms with Gasteiger partial charge in [-0.2, -0.15) is 0 Å². The van der Waals surface area contributed by atoms with Gasteiger partial charge in [0.25, 0.3) is 0 Å². The van der Waals surface area contributed by atoms with Crippen LogP contribution in [0.2, 0.25) is 0 Å². The van der Waals surface area contributed by atoms with Gasteiger partial charge in [0.05, 0.1) is 6.61 Å². The molecule has 0 bridgehead atoms. The quantitative estimate of drug-likeness (QED) is 0.504. The summed E-state index contributed by atoms with van der Waals surface area (Å²) < 4.78 is 5.22. The number of nitrogens with two attached hydrogens (primary N) is 1. The Morgan fingerprint density at radius 3 is 2.61 bits per heavy atom. The van der Waals surface area contributed by atoms with Crippen LogP contribution in [-0.2, 0) is 9.53 Å². The zero-order valence-electron chi connectivity index (χ0n) is 10.5. The molecule has 0 aromatic heterocycles. The number of esters is 1. The highest BCUT2D eigenvalue weighted by Gasteiger charge is 2.15. The number of ether oxygens (including phenoxy) is 1. The monoisotopic (exact) mass is 245 g/mol. The number of hydrogen-bond acceptors (Lipinski definition) is 3. The van der Waals surface area contributed by atoms with Crippen molar-refractivity contribution in [2.75, 3.05) is 12.3 Å². The van der Waals surface area contributed by atoms with E-state index in [0.717, 1.165) is 11.3 Å². The van der Waals surface area contributed by atoms with Gasteiger partial charge < -0.3 is 10.5 Å². The highest BCUT2D eigenvalue weighted by Crippen LogP contribution is 2.24. The Morgan fingerprint density at radius 2 is 1.94 bits per heavy atom. The van der Waals surface area contributed by atoms with Crippen LogP contribution in [0.4, 0.5) is 5.69 Å². The van der Waals surface area contributed by atoms with Crippen LogP contribution in [0.5, 0.6) is 0 Å². The topological polar surface area (TPSA) is 52.3 Å². The van der Waals surface area contributed by atoms with Gasteiger partial charge >= 0.3 is 5.97 Å². The Kier molecular flexibility index (Phi) is 4.40. The van der Waals surface area contributed by atoms with Crippen molar-refractivity contribution in [3.8, 4) is 0 Å². The molecular weight excluding hydrogens is 226 g/mol. The first-order valence-electron chi connectivity index (χ1n) is 6.44. The first-order valence-corrected chi connectivity index (χ1v) is 6.44. The smallest absolute Gasteiger partial charge is 0.330 e. The minimum Gasteiger partial charge on any atom is -0.462 e. The molecule has 18 heavy (non-hydrogen) atoms. The minimum atomic E-state index is -0.265. The molecule has 0 saturated heterocycles. The van der Waals surface area contributed by atoms with Crippen molar-refractivity contribution in [1.29, 1.82) is 0 Å². The number of rotatable bonds is 4. The summed E-state index contributed by atoms with van der Waals surface area (Å²) in [5.41, 5.74) is 7.25. The van der Waals surface area contributed by atoms with Gasteiger partial charge in [-0.15, -0.1) is 0 Å². The average molecular weight is 245 g/mol. The third-order valence-corrected chi connectivity index (χ3v) is 3.28. The third-order valence-electron chi connectivity index (χ3n) is 3.28. The molecule has 2 N–H and O–H groups in total. The minimum absolute atomic E-state index is 0.265. The summed E-state index contributed by atoms with van der Waals surface area (Å²) >= 11 is 0. The molecule has 1 aliphatic rings. The molecule has 0 unspecified atom stereocenters. The summed E-state index contributed by atoms with van der Waals surface area (Å²) in [4.78, 5) is 11.5. The SMILES string of the molecule is Nc1ccc(/C=C/C(=O)OCC2CCCC2)cc1. The van der Waals surface area contributed by atoms with Gasteiger partial charge in [-0.1, -0.05) is 25.0 Å². The molecule has 0 atom stereocenters. The maximum atomic E-state index is 11.5. The predicted molar refractivity (Wildman–Crippen MR) is 72.8 cm³/mol. The lowest BCUT2D eigenvalue weighted by Crippen LogP contribution is -2.09. The number of benzene rings is 1. The Morgan fingerprint density at radius 1 is 1.28 bits per heavy atom. The standard InChI is InChI=1S/C15H19NO2/c16-14-8-5-12(6-9-14)7-10-15(17)18-11-13-3-1-2-4-13/h5-10,13H,1-4,11,16H2/b10-7+. The molecule has 0 radical (unpaired) electrons. The molecule has 1 aromatic rings. The van der Waals surface area contributed by atoms with Gasteiger partial charge in [-0.25, -0.2) is 4.79 Å². The molecule has 0 aliphatic heterocycles. The number of carbonyl (C=O) groups excluding carboxylic acids is 1. The van der Waals surface area contributed by atoms with Crippen LogP contribution in [0, 0.1) is 5.92 Å². The highest BCUT2D eigenvalue weighted by atomic mass is 16.5. The molecule has 1 aliphatic carbocycles. The molecule has 0 heterocycles. The van der Waals surface area contributed by atoms with E-state index in [-0.39, 0.29) is 5.97 Å². The van der Waals surface area contributed by atoms with E-state index in [1.54, 1.807) is 6.08 Å². The van der Waals surface area contributed by atoms with Crippen LogP contribution in [0.25, 0.3) is 6.08 Å². The van der Waals surface area contributed by atoms with Crippen molar-refractivity contribution in [3.05, 3.63) is 35.9 Å². The predicted octanol–water partition coefficient (Wildman–Crippen LogP) is 3.02. The van der Waals surface area contributed by atoms with Crippen molar-refractivity contribution in [3.63, 3.8) is 0 Å². The molecule has 0 spiro atoms. The van der Waals surface area contributed by atoms with Gasteiger partial charge in [0.2, 0.25) is 0 Å². The summed E-state index contributed by atoms with van der Waals surface area (Å²) in [7, 11) is 0. The van der Waals surface area contributed by atoms with Crippen LogP contribution in [0.1, 0.15) is 31.2 Å². The van der Waals surface area contributed by atoms with Crippen molar-refractivity contribution in [2.45, 2.75) is 25.7 Å².